The van der Waals surface area contributed by atoms with E-state index >= 15 is 0 Å². The van der Waals surface area contributed by atoms with Gasteiger partial charge in [-0.05, 0) is 18.4 Å². The Morgan fingerprint density at radius 2 is 2.18 bits per heavy atom. The van der Waals surface area contributed by atoms with Crippen molar-refractivity contribution in [3.63, 3.8) is 0 Å². The van der Waals surface area contributed by atoms with Crippen LogP contribution in [0.5, 0.6) is 0 Å². The van der Waals surface area contributed by atoms with Gasteiger partial charge in [0, 0.05) is 4.90 Å². The minimum Gasteiger partial charge on any atom is -0.464 e. The van der Waals surface area contributed by atoms with E-state index in [-0.39, 0.29) is 5.69 Å². The van der Waals surface area contributed by atoms with Gasteiger partial charge in [-0.2, -0.15) is 0 Å². The number of para-hydroxylation sites is 1. The largest absolute Gasteiger partial charge is 0.464 e. The molecule has 5 nitrogen and oxygen atoms in total. The summed E-state index contributed by atoms with van der Waals surface area (Å²) in [5.74, 6) is -0.488. The van der Waals surface area contributed by atoms with Crippen LogP contribution in [0, 0.1) is 0 Å². The molecule has 0 radical (unpaired) electrons. The second-order valence-electron chi connectivity index (χ2n) is 3.21. The van der Waals surface area contributed by atoms with Crippen molar-refractivity contribution in [2.45, 2.75) is 4.90 Å². The van der Waals surface area contributed by atoms with E-state index in [1.807, 2.05) is 30.5 Å². The Morgan fingerprint density at radius 1 is 1.41 bits per heavy atom. The van der Waals surface area contributed by atoms with Crippen LogP contribution in [0.25, 0.3) is 5.69 Å². The minimum absolute atomic E-state index is 0.198. The average Bonchev–Trinajstić information content (AvgIpc) is 2.87. The molecule has 1 aromatic carbocycles. The number of ether oxygens (including phenoxy) is 1. The van der Waals surface area contributed by atoms with Crippen LogP contribution >= 0.6 is 11.8 Å². The fourth-order valence-corrected chi connectivity index (χ4v) is 1.98. The zero-order valence-electron chi connectivity index (χ0n) is 9.45. The van der Waals surface area contributed by atoms with Crippen molar-refractivity contribution in [2.75, 3.05) is 13.4 Å². The Balaban J connectivity index is 2.40. The summed E-state index contributed by atoms with van der Waals surface area (Å²) in [5.41, 5.74) is 1.09. The first-order chi connectivity index (χ1) is 8.26. The van der Waals surface area contributed by atoms with E-state index in [0.717, 1.165) is 10.6 Å². The van der Waals surface area contributed by atoms with Gasteiger partial charge in [-0.3, -0.25) is 0 Å². The lowest BCUT2D eigenvalue weighted by Crippen LogP contribution is -2.01. The second kappa shape index (κ2) is 5.01. The number of aromatic nitrogens is 3. The van der Waals surface area contributed by atoms with Gasteiger partial charge in [0.05, 0.1) is 19.0 Å². The summed E-state index contributed by atoms with van der Waals surface area (Å²) in [6.45, 7) is 0. The summed E-state index contributed by atoms with van der Waals surface area (Å²) in [6.07, 6.45) is 3.54. The van der Waals surface area contributed by atoms with Gasteiger partial charge in [0.15, 0.2) is 5.69 Å². The van der Waals surface area contributed by atoms with Crippen LogP contribution in [0.4, 0.5) is 0 Å². The van der Waals surface area contributed by atoms with Crippen LogP contribution in [0.1, 0.15) is 10.5 Å². The van der Waals surface area contributed by atoms with Gasteiger partial charge in [0.1, 0.15) is 0 Å². The van der Waals surface area contributed by atoms with Gasteiger partial charge in [0.2, 0.25) is 0 Å². The molecule has 0 bridgehead atoms. The molecule has 17 heavy (non-hydrogen) atoms. The molecule has 88 valence electrons. The molecule has 1 aromatic heterocycles. The lowest BCUT2D eigenvalue weighted by atomic mass is 10.3. The van der Waals surface area contributed by atoms with E-state index in [0.29, 0.717) is 0 Å². The van der Waals surface area contributed by atoms with Crippen molar-refractivity contribution in [3.8, 4) is 5.69 Å². The maximum atomic E-state index is 11.3. The van der Waals surface area contributed by atoms with Crippen molar-refractivity contribution in [2.24, 2.45) is 0 Å². The number of methoxy groups -OCH3 is 1. The smallest absolute Gasteiger partial charge is 0.360 e. The molecule has 2 aromatic rings. The molecule has 0 aliphatic rings. The van der Waals surface area contributed by atoms with Crippen molar-refractivity contribution in [1.82, 2.24) is 15.0 Å². The molecule has 0 saturated heterocycles. The monoisotopic (exact) mass is 249 g/mol. The van der Waals surface area contributed by atoms with Gasteiger partial charge < -0.3 is 4.74 Å². The normalized spacial score (nSPS) is 10.2. The quantitative estimate of drug-likeness (QED) is 0.613. The highest BCUT2D eigenvalue weighted by Crippen LogP contribution is 2.22. The zero-order valence-corrected chi connectivity index (χ0v) is 10.3. The molecule has 0 amide bonds. The molecule has 6 heteroatoms. The molecule has 0 unspecified atom stereocenters. The molecule has 0 spiro atoms. The summed E-state index contributed by atoms with van der Waals surface area (Å²) in [6, 6.07) is 7.77. The standard InChI is InChI=1S/C11H11N3O2S/c1-16-11(15)8-7-14(13-12-8)9-5-3-4-6-10(9)17-2/h3-7H,1-2H3. The summed E-state index contributed by atoms with van der Waals surface area (Å²) in [5, 5.41) is 7.68. The number of carbonyl (C=O) groups is 1. The Kier molecular flexibility index (Phi) is 3.43. The molecular formula is C11H11N3O2S. The summed E-state index contributed by atoms with van der Waals surface area (Å²) in [4.78, 5) is 12.3. The number of nitrogens with zero attached hydrogens (tertiary/aromatic N) is 3. The highest BCUT2D eigenvalue weighted by Gasteiger charge is 2.12. The number of carbonyl (C=O) groups excluding carboxylic acids is 1. The summed E-state index contributed by atoms with van der Waals surface area (Å²) < 4.78 is 6.15. The third-order valence-corrected chi connectivity index (χ3v) is 3.00. The molecule has 2 rings (SSSR count). The fourth-order valence-electron chi connectivity index (χ4n) is 1.40. The predicted octanol–water partition coefficient (Wildman–Crippen LogP) is 1.78. The van der Waals surface area contributed by atoms with Gasteiger partial charge >= 0.3 is 5.97 Å². The van der Waals surface area contributed by atoms with E-state index in [2.05, 4.69) is 15.0 Å². The molecule has 0 saturated carbocycles. The SMILES string of the molecule is COC(=O)c1cn(-c2ccccc2SC)nn1. The van der Waals surface area contributed by atoms with E-state index in [1.165, 1.54) is 7.11 Å². The summed E-state index contributed by atoms with van der Waals surface area (Å²) >= 11 is 1.61. The Hall–Kier alpha value is -1.82. The molecule has 0 N–H and O–H groups in total. The topological polar surface area (TPSA) is 57.0 Å². The first kappa shape index (κ1) is 11.7. The highest BCUT2D eigenvalue weighted by atomic mass is 32.2. The zero-order chi connectivity index (χ0) is 12.3. The number of benzene rings is 1. The maximum absolute atomic E-state index is 11.3. The van der Waals surface area contributed by atoms with E-state index in [1.54, 1.807) is 22.6 Å². The van der Waals surface area contributed by atoms with Gasteiger partial charge in [-0.25, -0.2) is 9.48 Å². The third kappa shape index (κ3) is 2.31. The number of thioether (sulfide) groups is 1. The van der Waals surface area contributed by atoms with Crippen LogP contribution in [0.3, 0.4) is 0 Å². The van der Waals surface area contributed by atoms with Crippen LogP contribution in [0.2, 0.25) is 0 Å². The van der Waals surface area contributed by atoms with E-state index in [4.69, 9.17) is 0 Å². The number of hydrogen-bond acceptors (Lipinski definition) is 5. The summed E-state index contributed by atoms with van der Waals surface area (Å²) in [7, 11) is 1.32. The van der Waals surface area contributed by atoms with Crippen LogP contribution in [0.15, 0.2) is 35.4 Å². The molecule has 0 atom stereocenters. The number of hydrogen-bond donors (Lipinski definition) is 0. The van der Waals surface area contributed by atoms with Gasteiger partial charge in [0.25, 0.3) is 0 Å². The molecule has 0 fully saturated rings. The lowest BCUT2D eigenvalue weighted by Gasteiger charge is -2.04. The van der Waals surface area contributed by atoms with Crippen LogP contribution in [-0.4, -0.2) is 34.3 Å². The molecule has 1 heterocycles. The van der Waals surface area contributed by atoms with E-state index in [9.17, 15) is 4.79 Å². The van der Waals surface area contributed by atoms with Gasteiger partial charge in [-0.15, -0.1) is 16.9 Å². The first-order valence-corrected chi connectivity index (χ1v) is 6.13. The average molecular weight is 249 g/mol. The Labute approximate surface area is 103 Å². The third-order valence-electron chi connectivity index (χ3n) is 2.22. The molecular weight excluding hydrogens is 238 g/mol. The molecule has 0 aliphatic heterocycles. The lowest BCUT2D eigenvalue weighted by molar-refractivity contribution is 0.0594. The van der Waals surface area contributed by atoms with Crippen LogP contribution < -0.4 is 0 Å². The van der Waals surface area contributed by atoms with Crippen molar-refractivity contribution in [1.29, 1.82) is 0 Å². The first-order valence-electron chi connectivity index (χ1n) is 4.90. The van der Waals surface area contributed by atoms with Gasteiger partial charge in [-0.1, -0.05) is 17.3 Å². The number of esters is 1. The second-order valence-corrected chi connectivity index (χ2v) is 4.06. The Morgan fingerprint density at radius 3 is 2.88 bits per heavy atom. The Bertz CT molecular complexity index is 539. The molecule has 0 aliphatic carbocycles. The van der Waals surface area contributed by atoms with E-state index < -0.39 is 5.97 Å². The highest BCUT2D eigenvalue weighted by molar-refractivity contribution is 7.98. The van der Waals surface area contributed by atoms with Crippen molar-refractivity contribution < 1.29 is 9.53 Å². The predicted molar refractivity (Wildman–Crippen MR) is 64.5 cm³/mol. The number of rotatable bonds is 3. The van der Waals surface area contributed by atoms with Crippen molar-refractivity contribution >= 4 is 17.7 Å². The minimum atomic E-state index is -0.488. The fraction of sp³-hybridized carbons (Fsp3) is 0.182. The van der Waals surface area contributed by atoms with Crippen LogP contribution in [-0.2, 0) is 4.74 Å². The maximum Gasteiger partial charge on any atom is 0.360 e. The van der Waals surface area contributed by atoms with Crippen molar-refractivity contribution in [3.05, 3.63) is 36.2 Å².